The molecule has 0 fully saturated rings. The van der Waals surface area contributed by atoms with Gasteiger partial charge in [0.2, 0.25) is 11.8 Å². The summed E-state index contributed by atoms with van der Waals surface area (Å²) in [6, 6.07) is 3.16. The predicted octanol–water partition coefficient (Wildman–Crippen LogP) is 2.78. The summed E-state index contributed by atoms with van der Waals surface area (Å²) >= 11 is 1.14. The van der Waals surface area contributed by atoms with Crippen LogP contribution in [-0.2, 0) is 15.0 Å². The lowest BCUT2D eigenvalue weighted by Gasteiger charge is -2.21. The topological polar surface area (TPSA) is 71.1 Å². The van der Waals surface area contributed by atoms with Gasteiger partial charge in [0.1, 0.15) is 16.6 Å². The van der Waals surface area contributed by atoms with Gasteiger partial charge in [-0.25, -0.2) is 13.8 Å². The fourth-order valence-corrected chi connectivity index (χ4v) is 3.12. The van der Waals surface area contributed by atoms with Crippen molar-refractivity contribution in [1.82, 2.24) is 15.6 Å². The van der Waals surface area contributed by atoms with Gasteiger partial charge in [0, 0.05) is 24.0 Å². The van der Waals surface area contributed by atoms with Gasteiger partial charge in [-0.15, -0.1) is 11.3 Å². The van der Waals surface area contributed by atoms with Crippen LogP contribution in [0.15, 0.2) is 36.2 Å². The van der Waals surface area contributed by atoms with Crippen molar-refractivity contribution in [2.75, 3.05) is 13.1 Å². The molecule has 138 valence electrons. The summed E-state index contributed by atoms with van der Waals surface area (Å²) in [7, 11) is 0. The lowest BCUT2D eigenvalue weighted by Crippen LogP contribution is -2.43. The van der Waals surface area contributed by atoms with Gasteiger partial charge in [0.25, 0.3) is 0 Å². The summed E-state index contributed by atoms with van der Waals surface area (Å²) < 4.78 is 27.3. The van der Waals surface area contributed by atoms with E-state index in [9.17, 15) is 18.4 Å². The van der Waals surface area contributed by atoms with Crippen LogP contribution in [0.2, 0.25) is 0 Å². The number of aromatic nitrogens is 1. The van der Waals surface area contributed by atoms with E-state index in [1.54, 1.807) is 19.2 Å². The van der Waals surface area contributed by atoms with E-state index in [0.717, 1.165) is 35.6 Å². The van der Waals surface area contributed by atoms with Gasteiger partial charge in [-0.1, -0.05) is 6.58 Å². The number of thiazole rings is 1. The molecule has 0 aliphatic heterocycles. The number of carbonyl (C=O) groups is 2. The summed E-state index contributed by atoms with van der Waals surface area (Å²) in [5.41, 5.74) is -0.459. The third-order valence-electron chi connectivity index (χ3n) is 3.77. The molecule has 0 saturated carbocycles. The van der Waals surface area contributed by atoms with Crippen molar-refractivity contribution < 1.29 is 18.4 Å². The van der Waals surface area contributed by atoms with E-state index in [2.05, 4.69) is 22.2 Å². The molecule has 1 aromatic carbocycles. The van der Waals surface area contributed by atoms with Crippen LogP contribution in [0, 0.1) is 11.6 Å². The van der Waals surface area contributed by atoms with E-state index >= 15 is 0 Å². The zero-order valence-corrected chi connectivity index (χ0v) is 15.3. The number of rotatable bonds is 7. The molecule has 2 amide bonds. The molecular formula is C18H19F2N3O2S. The SMILES string of the molecule is C=CC(=O)NCCNC(=O)C(C)(C)c1csc(-c2cc(F)ccc2F)n1. The first-order valence-corrected chi connectivity index (χ1v) is 8.73. The summed E-state index contributed by atoms with van der Waals surface area (Å²) in [6.45, 7) is 7.22. The first kappa shape index (κ1) is 19.7. The van der Waals surface area contributed by atoms with Crippen LogP contribution >= 0.6 is 11.3 Å². The Morgan fingerprint density at radius 2 is 1.96 bits per heavy atom. The molecular weight excluding hydrogens is 360 g/mol. The van der Waals surface area contributed by atoms with Gasteiger partial charge in [-0.2, -0.15) is 0 Å². The van der Waals surface area contributed by atoms with E-state index in [-0.39, 0.29) is 30.5 Å². The van der Waals surface area contributed by atoms with Crippen molar-refractivity contribution in [2.45, 2.75) is 19.3 Å². The van der Waals surface area contributed by atoms with Crippen LogP contribution in [-0.4, -0.2) is 29.9 Å². The maximum atomic E-state index is 13.9. The molecule has 0 unspecified atom stereocenters. The van der Waals surface area contributed by atoms with Gasteiger partial charge in [-0.3, -0.25) is 9.59 Å². The highest BCUT2D eigenvalue weighted by molar-refractivity contribution is 7.13. The number of nitrogens with one attached hydrogen (secondary N) is 2. The average molecular weight is 379 g/mol. The zero-order chi connectivity index (χ0) is 19.3. The smallest absolute Gasteiger partial charge is 0.243 e. The first-order chi connectivity index (χ1) is 12.3. The predicted molar refractivity (Wildman–Crippen MR) is 96.7 cm³/mol. The van der Waals surface area contributed by atoms with E-state index < -0.39 is 17.0 Å². The summed E-state index contributed by atoms with van der Waals surface area (Å²) in [5.74, 6) is -1.74. The highest BCUT2D eigenvalue weighted by Gasteiger charge is 2.32. The first-order valence-electron chi connectivity index (χ1n) is 7.85. The second-order valence-corrected chi connectivity index (χ2v) is 6.90. The lowest BCUT2D eigenvalue weighted by atomic mass is 9.89. The van der Waals surface area contributed by atoms with Crippen molar-refractivity contribution in [3.8, 4) is 10.6 Å². The summed E-state index contributed by atoms with van der Waals surface area (Å²) in [6.07, 6.45) is 1.15. The van der Waals surface area contributed by atoms with Crippen LogP contribution in [0.5, 0.6) is 0 Å². The van der Waals surface area contributed by atoms with Gasteiger partial charge in [0.15, 0.2) is 0 Å². The maximum absolute atomic E-state index is 13.9. The molecule has 5 nitrogen and oxygen atoms in total. The van der Waals surface area contributed by atoms with Crippen LogP contribution in [0.1, 0.15) is 19.5 Å². The Kier molecular flexibility index (Phi) is 6.20. The van der Waals surface area contributed by atoms with E-state index in [1.165, 1.54) is 0 Å². The van der Waals surface area contributed by atoms with Crippen LogP contribution in [0.3, 0.4) is 0 Å². The highest BCUT2D eigenvalue weighted by Crippen LogP contribution is 2.32. The van der Waals surface area contributed by atoms with Crippen LogP contribution in [0.4, 0.5) is 8.78 Å². The second kappa shape index (κ2) is 8.18. The van der Waals surface area contributed by atoms with Gasteiger partial charge in [-0.05, 0) is 38.1 Å². The number of hydrogen-bond acceptors (Lipinski definition) is 4. The molecule has 0 atom stereocenters. The number of benzene rings is 1. The van der Waals surface area contributed by atoms with Crippen molar-refractivity contribution in [3.63, 3.8) is 0 Å². The fourth-order valence-electron chi connectivity index (χ4n) is 2.12. The molecule has 1 heterocycles. The Morgan fingerprint density at radius 1 is 1.27 bits per heavy atom. The van der Waals surface area contributed by atoms with Crippen molar-refractivity contribution in [3.05, 3.63) is 53.6 Å². The summed E-state index contributed by atoms with van der Waals surface area (Å²) in [5, 5.41) is 7.22. The Labute approximate surface area is 154 Å². The van der Waals surface area contributed by atoms with E-state index in [0.29, 0.717) is 10.7 Å². The molecule has 0 bridgehead atoms. The normalized spacial score (nSPS) is 11.1. The van der Waals surface area contributed by atoms with Gasteiger partial charge < -0.3 is 10.6 Å². The molecule has 2 N–H and O–H groups in total. The molecule has 0 saturated heterocycles. The molecule has 26 heavy (non-hydrogen) atoms. The van der Waals surface area contributed by atoms with E-state index in [4.69, 9.17) is 0 Å². The molecule has 0 aliphatic carbocycles. The minimum absolute atomic E-state index is 0.0598. The van der Waals surface area contributed by atoms with Crippen LogP contribution < -0.4 is 10.6 Å². The largest absolute Gasteiger partial charge is 0.354 e. The second-order valence-electron chi connectivity index (χ2n) is 6.04. The number of carbonyl (C=O) groups excluding carboxylic acids is 2. The summed E-state index contributed by atoms with van der Waals surface area (Å²) in [4.78, 5) is 27.8. The fraction of sp³-hybridized carbons (Fsp3) is 0.278. The van der Waals surface area contributed by atoms with Gasteiger partial charge >= 0.3 is 0 Å². The number of nitrogens with zero attached hydrogens (tertiary/aromatic N) is 1. The molecule has 8 heteroatoms. The molecule has 2 aromatic rings. The molecule has 2 rings (SSSR count). The Balaban J connectivity index is 2.08. The molecule has 1 aromatic heterocycles. The quantitative estimate of drug-likeness (QED) is 0.574. The number of halogens is 2. The minimum atomic E-state index is -0.971. The van der Waals surface area contributed by atoms with Crippen molar-refractivity contribution >= 4 is 23.2 Å². The Hall–Kier alpha value is -2.61. The van der Waals surface area contributed by atoms with Crippen molar-refractivity contribution in [2.24, 2.45) is 0 Å². The Morgan fingerprint density at radius 3 is 2.65 bits per heavy atom. The maximum Gasteiger partial charge on any atom is 0.243 e. The Bertz CT molecular complexity index is 834. The lowest BCUT2D eigenvalue weighted by molar-refractivity contribution is -0.126. The molecule has 0 radical (unpaired) electrons. The highest BCUT2D eigenvalue weighted by atomic mass is 32.1. The number of hydrogen-bond donors (Lipinski definition) is 2. The third-order valence-corrected chi connectivity index (χ3v) is 4.64. The standard InChI is InChI=1S/C18H19F2N3O2S/c1-4-15(24)21-7-8-22-17(25)18(2,3)14-10-26-16(23-14)12-9-11(19)5-6-13(12)20/h4-6,9-10H,1,7-8H2,2-3H3,(H,21,24)(H,22,25). The van der Waals surface area contributed by atoms with Crippen LogP contribution in [0.25, 0.3) is 10.6 Å². The van der Waals surface area contributed by atoms with Crippen molar-refractivity contribution in [1.29, 1.82) is 0 Å². The molecule has 0 aliphatic rings. The minimum Gasteiger partial charge on any atom is -0.354 e. The average Bonchev–Trinajstić information content (AvgIpc) is 3.10. The van der Waals surface area contributed by atoms with E-state index in [1.807, 2.05) is 0 Å². The van der Waals surface area contributed by atoms with Gasteiger partial charge in [0.05, 0.1) is 11.1 Å². The zero-order valence-electron chi connectivity index (χ0n) is 14.4. The monoisotopic (exact) mass is 379 g/mol. The number of amides is 2. The molecule has 0 spiro atoms. The third kappa shape index (κ3) is 4.51.